The normalized spacial score (nSPS) is 23.0. The Morgan fingerprint density at radius 2 is 1.88 bits per heavy atom. The number of hydrogen-bond acceptors (Lipinski definition) is 3. The monoisotopic (exact) mass is 232 g/mol. The van der Waals surface area contributed by atoms with E-state index in [4.69, 9.17) is 9.47 Å². The van der Waals surface area contributed by atoms with E-state index in [-0.39, 0.29) is 5.78 Å². The number of ether oxygens (including phenoxy) is 2. The second-order valence-corrected chi connectivity index (χ2v) is 4.87. The summed E-state index contributed by atoms with van der Waals surface area (Å²) in [6.07, 6.45) is 4.40. The number of Topliss-reactive ketones (excluding diaryl/α,β-unsaturated/α-hetero) is 1. The Kier molecular flexibility index (Phi) is 2.54. The van der Waals surface area contributed by atoms with Crippen LogP contribution in [0, 0.1) is 0 Å². The van der Waals surface area contributed by atoms with Crippen molar-refractivity contribution in [1.82, 2.24) is 0 Å². The van der Waals surface area contributed by atoms with Crippen molar-refractivity contribution in [2.24, 2.45) is 0 Å². The Bertz CT molecular complexity index is 447. The summed E-state index contributed by atoms with van der Waals surface area (Å²) in [5, 5.41) is 0. The van der Waals surface area contributed by atoms with Gasteiger partial charge < -0.3 is 9.47 Å². The summed E-state index contributed by atoms with van der Waals surface area (Å²) in [4.78, 5) is 11.2. The molecule has 0 saturated heterocycles. The van der Waals surface area contributed by atoms with Crippen LogP contribution in [-0.2, 0) is 4.79 Å². The number of ketones is 1. The van der Waals surface area contributed by atoms with Crippen LogP contribution in [0.4, 0.5) is 0 Å². The van der Waals surface area contributed by atoms with Crippen LogP contribution in [-0.4, -0.2) is 12.1 Å². The summed E-state index contributed by atoms with van der Waals surface area (Å²) < 4.78 is 10.9. The van der Waals surface area contributed by atoms with E-state index in [0.717, 1.165) is 5.75 Å². The summed E-state index contributed by atoms with van der Waals surface area (Å²) in [5.41, 5.74) is 1.31. The molecule has 1 saturated carbocycles. The molecular formula is C14H16O3. The summed E-state index contributed by atoms with van der Waals surface area (Å²) in [7, 11) is 0. The van der Waals surface area contributed by atoms with Gasteiger partial charge in [-0.15, -0.1) is 0 Å². The van der Waals surface area contributed by atoms with Crippen LogP contribution < -0.4 is 9.47 Å². The van der Waals surface area contributed by atoms with E-state index >= 15 is 0 Å². The number of rotatable bonds is 2. The first kappa shape index (κ1) is 10.6. The van der Waals surface area contributed by atoms with Crippen molar-refractivity contribution in [2.45, 2.75) is 44.8 Å². The van der Waals surface area contributed by atoms with Crippen molar-refractivity contribution < 1.29 is 14.3 Å². The first-order valence-corrected chi connectivity index (χ1v) is 6.22. The fourth-order valence-corrected chi connectivity index (χ4v) is 2.65. The van der Waals surface area contributed by atoms with Crippen molar-refractivity contribution >= 4 is 5.78 Å². The predicted octanol–water partition coefficient (Wildman–Crippen LogP) is 3.03. The van der Waals surface area contributed by atoms with Gasteiger partial charge in [-0.25, -0.2) is 0 Å². The molecule has 0 bridgehead atoms. The predicted molar refractivity (Wildman–Crippen MR) is 63.4 cm³/mol. The molecule has 1 fully saturated rings. The zero-order chi connectivity index (χ0) is 11.8. The molecule has 90 valence electrons. The minimum absolute atomic E-state index is 0.0939. The third-order valence-corrected chi connectivity index (χ3v) is 3.59. The molecule has 1 aliphatic heterocycles. The van der Waals surface area contributed by atoms with Crippen molar-refractivity contribution in [2.75, 3.05) is 0 Å². The zero-order valence-electron chi connectivity index (χ0n) is 9.94. The van der Waals surface area contributed by atoms with E-state index in [9.17, 15) is 4.79 Å². The van der Waals surface area contributed by atoms with Crippen molar-refractivity contribution in [3.8, 4) is 11.5 Å². The Labute approximate surface area is 101 Å². The molecule has 1 aromatic carbocycles. The van der Waals surface area contributed by atoms with Crippen molar-refractivity contribution in [1.29, 1.82) is 0 Å². The van der Waals surface area contributed by atoms with E-state index < -0.39 is 6.29 Å². The average molecular weight is 232 g/mol. The molecule has 2 aliphatic rings. The second kappa shape index (κ2) is 4.06. The van der Waals surface area contributed by atoms with Gasteiger partial charge in [0.05, 0.1) is 0 Å². The number of benzene rings is 1. The van der Waals surface area contributed by atoms with Gasteiger partial charge in [0.15, 0.2) is 11.5 Å². The minimum Gasteiger partial charge on any atom is -0.444 e. The fourth-order valence-electron chi connectivity index (χ4n) is 2.65. The molecule has 0 spiro atoms. The molecule has 17 heavy (non-hydrogen) atoms. The van der Waals surface area contributed by atoms with Crippen LogP contribution in [0.25, 0.3) is 0 Å². The second-order valence-electron chi connectivity index (χ2n) is 4.87. The number of carbonyl (C=O) groups excluding carboxylic acids is 1. The van der Waals surface area contributed by atoms with Crippen LogP contribution in [0.5, 0.6) is 11.5 Å². The maximum absolute atomic E-state index is 11.2. The lowest BCUT2D eigenvalue weighted by atomic mass is 9.97. The van der Waals surface area contributed by atoms with E-state index in [1.807, 2.05) is 12.1 Å². The fraction of sp³-hybridized carbons (Fsp3) is 0.500. The molecule has 0 radical (unpaired) electrons. The highest BCUT2D eigenvalue weighted by atomic mass is 16.7. The standard InChI is InChI=1S/C14H16O3/c1-9(15)14-16-12-7-6-11(8-13(12)17-14)10-4-2-3-5-10/h6-8,10,14H,2-5H2,1H3. The Morgan fingerprint density at radius 3 is 2.59 bits per heavy atom. The quantitative estimate of drug-likeness (QED) is 0.786. The molecule has 3 rings (SSSR count). The van der Waals surface area contributed by atoms with Gasteiger partial charge in [-0.3, -0.25) is 4.79 Å². The molecule has 1 heterocycles. The minimum atomic E-state index is -0.746. The highest BCUT2D eigenvalue weighted by Crippen LogP contribution is 2.41. The Balaban J connectivity index is 1.84. The van der Waals surface area contributed by atoms with Crippen molar-refractivity contribution in [3.63, 3.8) is 0 Å². The van der Waals surface area contributed by atoms with Gasteiger partial charge in [-0.05, 0) is 36.5 Å². The lowest BCUT2D eigenvalue weighted by Crippen LogP contribution is -2.26. The summed E-state index contributed by atoms with van der Waals surface area (Å²) in [6.45, 7) is 1.48. The molecule has 0 N–H and O–H groups in total. The molecular weight excluding hydrogens is 216 g/mol. The van der Waals surface area contributed by atoms with E-state index in [0.29, 0.717) is 11.7 Å². The lowest BCUT2D eigenvalue weighted by molar-refractivity contribution is -0.132. The molecule has 1 aromatic rings. The summed E-state index contributed by atoms with van der Waals surface area (Å²) in [5.74, 6) is 1.96. The molecule has 0 aromatic heterocycles. The third-order valence-electron chi connectivity index (χ3n) is 3.59. The van der Waals surface area contributed by atoms with Gasteiger partial charge in [-0.2, -0.15) is 0 Å². The maximum Gasteiger partial charge on any atom is 0.300 e. The number of carbonyl (C=O) groups is 1. The SMILES string of the molecule is CC(=O)C1Oc2ccc(C3CCCC3)cc2O1. The van der Waals surface area contributed by atoms with Crippen LogP contribution >= 0.6 is 0 Å². The van der Waals surface area contributed by atoms with Gasteiger partial charge in [0.2, 0.25) is 5.78 Å². The van der Waals surface area contributed by atoms with Crippen LogP contribution in [0.15, 0.2) is 18.2 Å². The zero-order valence-corrected chi connectivity index (χ0v) is 9.94. The molecule has 0 amide bonds. The molecule has 1 aliphatic carbocycles. The van der Waals surface area contributed by atoms with Crippen LogP contribution in [0.3, 0.4) is 0 Å². The number of fused-ring (bicyclic) bond motifs is 1. The maximum atomic E-state index is 11.2. The summed E-state index contributed by atoms with van der Waals surface area (Å²) in [6, 6.07) is 6.06. The molecule has 1 atom stereocenters. The van der Waals surface area contributed by atoms with E-state index in [1.54, 1.807) is 0 Å². The Hall–Kier alpha value is -1.51. The third kappa shape index (κ3) is 1.90. The molecule has 3 heteroatoms. The topological polar surface area (TPSA) is 35.5 Å². The van der Waals surface area contributed by atoms with Gasteiger partial charge in [0.1, 0.15) is 0 Å². The van der Waals surface area contributed by atoms with E-state index in [1.165, 1.54) is 38.2 Å². The first-order valence-electron chi connectivity index (χ1n) is 6.22. The van der Waals surface area contributed by atoms with E-state index in [2.05, 4.69) is 6.07 Å². The van der Waals surface area contributed by atoms with Crippen LogP contribution in [0.2, 0.25) is 0 Å². The number of hydrogen-bond donors (Lipinski definition) is 0. The average Bonchev–Trinajstić information content (AvgIpc) is 2.97. The highest BCUT2D eigenvalue weighted by Gasteiger charge is 2.29. The smallest absolute Gasteiger partial charge is 0.300 e. The van der Waals surface area contributed by atoms with Gasteiger partial charge >= 0.3 is 6.29 Å². The lowest BCUT2D eigenvalue weighted by Gasteiger charge is -2.09. The first-order chi connectivity index (χ1) is 8.24. The molecule has 3 nitrogen and oxygen atoms in total. The van der Waals surface area contributed by atoms with Crippen LogP contribution in [0.1, 0.15) is 44.1 Å². The van der Waals surface area contributed by atoms with Gasteiger partial charge in [0.25, 0.3) is 0 Å². The largest absolute Gasteiger partial charge is 0.444 e. The van der Waals surface area contributed by atoms with Gasteiger partial charge in [-0.1, -0.05) is 18.9 Å². The van der Waals surface area contributed by atoms with Gasteiger partial charge in [0, 0.05) is 6.92 Å². The molecule has 1 unspecified atom stereocenters. The Morgan fingerprint density at radius 1 is 1.18 bits per heavy atom. The summed E-state index contributed by atoms with van der Waals surface area (Å²) >= 11 is 0. The van der Waals surface area contributed by atoms with Crippen molar-refractivity contribution in [3.05, 3.63) is 23.8 Å². The highest BCUT2D eigenvalue weighted by molar-refractivity contribution is 5.80.